The van der Waals surface area contributed by atoms with Gasteiger partial charge in [-0.1, -0.05) is 55.8 Å². The van der Waals surface area contributed by atoms with Gasteiger partial charge in [-0.15, -0.1) is 0 Å². The summed E-state index contributed by atoms with van der Waals surface area (Å²) < 4.78 is 5.87. The predicted octanol–water partition coefficient (Wildman–Crippen LogP) is 4.22. The molecule has 1 aliphatic rings. The van der Waals surface area contributed by atoms with Crippen molar-refractivity contribution in [3.05, 3.63) is 65.7 Å². The fourth-order valence-corrected chi connectivity index (χ4v) is 3.44. The molecule has 24 heavy (non-hydrogen) atoms. The first-order chi connectivity index (χ1) is 11.8. The molecule has 3 nitrogen and oxygen atoms in total. The Balaban J connectivity index is 1.60. The van der Waals surface area contributed by atoms with Crippen LogP contribution in [0.15, 0.2) is 54.6 Å². The first-order valence-electron chi connectivity index (χ1n) is 8.97. The third-order valence-electron chi connectivity index (χ3n) is 4.74. The highest BCUT2D eigenvalue weighted by molar-refractivity contribution is 5.31. The van der Waals surface area contributed by atoms with Crippen LogP contribution in [0.1, 0.15) is 49.8 Å². The van der Waals surface area contributed by atoms with Crippen molar-refractivity contribution in [3.63, 3.8) is 0 Å². The highest BCUT2D eigenvalue weighted by atomic mass is 16.5. The Hall–Kier alpha value is -1.84. The van der Waals surface area contributed by atoms with Gasteiger partial charge in [-0.3, -0.25) is 0 Å². The quantitative estimate of drug-likeness (QED) is 0.801. The van der Waals surface area contributed by atoms with Gasteiger partial charge >= 0.3 is 0 Å². The number of nitrogens with one attached hydrogen (secondary N) is 1. The molecule has 1 unspecified atom stereocenters. The molecule has 2 aromatic rings. The second-order valence-corrected chi connectivity index (χ2v) is 6.63. The maximum absolute atomic E-state index is 10.7. The first-order valence-corrected chi connectivity index (χ1v) is 8.97. The zero-order valence-electron chi connectivity index (χ0n) is 14.3. The van der Waals surface area contributed by atoms with Gasteiger partial charge in [0, 0.05) is 12.1 Å². The van der Waals surface area contributed by atoms with E-state index in [9.17, 15) is 5.11 Å². The van der Waals surface area contributed by atoms with Crippen molar-refractivity contribution in [2.45, 2.75) is 57.4 Å². The van der Waals surface area contributed by atoms with Gasteiger partial charge in [-0.05, 0) is 42.5 Å². The molecule has 0 radical (unpaired) electrons. The molecule has 3 rings (SSSR count). The second kappa shape index (κ2) is 8.32. The molecular formula is C21H27NO2. The molecule has 0 aromatic heterocycles. The van der Waals surface area contributed by atoms with E-state index in [-0.39, 0.29) is 6.04 Å². The van der Waals surface area contributed by atoms with Crippen LogP contribution in [-0.4, -0.2) is 17.2 Å². The summed E-state index contributed by atoms with van der Waals surface area (Å²) in [6.45, 7) is 2.75. The summed E-state index contributed by atoms with van der Waals surface area (Å²) in [7, 11) is 0. The van der Waals surface area contributed by atoms with Gasteiger partial charge in [-0.2, -0.15) is 0 Å². The fraction of sp³-hybridized carbons (Fsp3) is 0.429. The standard InChI is InChI=1S/C21H27NO2/c1-2-7-18-12-13-20(22-18)21(23)17-10-6-11-19(14-17)24-15-16-8-4-3-5-9-16/h3-6,8-11,14,18,20-23H,2,7,12-13,15H2,1H3/t18-,20-,21?/m1/s1. The van der Waals surface area contributed by atoms with E-state index in [0.717, 1.165) is 29.7 Å². The average Bonchev–Trinajstić information content (AvgIpc) is 3.09. The van der Waals surface area contributed by atoms with Crippen molar-refractivity contribution in [2.75, 3.05) is 0 Å². The second-order valence-electron chi connectivity index (χ2n) is 6.63. The number of aliphatic hydroxyl groups is 1. The molecule has 2 aromatic carbocycles. The summed E-state index contributed by atoms with van der Waals surface area (Å²) in [5.74, 6) is 0.804. The van der Waals surface area contributed by atoms with Crippen LogP contribution in [0.4, 0.5) is 0 Å². The molecule has 0 saturated carbocycles. The molecule has 1 saturated heterocycles. The fourth-order valence-electron chi connectivity index (χ4n) is 3.44. The Morgan fingerprint density at radius 1 is 1.12 bits per heavy atom. The molecule has 1 aliphatic heterocycles. The molecule has 2 N–H and O–H groups in total. The lowest BCUT2D eigenvalue weighted by Crippen LogP contribution is -2.33. The Morgan fingerprint density at radius 2 is 1.96 bits per heavy atom. The van der Waals surface area contributed by atoms with Gasteiger partial charge < -0.3 is 15.2 Å². The molecule has 0 amide bonds. The molecular weight excluding hydrogens is 298 g/mol. The zero-order chi connectivity index (χ0) is 16.8. The van der Waals surface area contributed by atoms with E-state index in [4.69, 9.17) is 4.74 Å². The Morgan fingerprint density at radius 3 is 2.75 bits per heavy atom. The van der Waals surface area contributed by atoms with Gasteiger partial charge in [0.25, 0.3) is 0 Å². The monoisotopic (exact) mass is 325 g/mol. The summed E-state index contributed by atoms with van der Waals surface area (Å²) in [5.41, 5.74) is 2.07. The lowest BCUT2D eigenvalue weighted by atomic mass is 10.0. The number of hydrogen-bond acceptors (Lipinski definition) is 3. The van der Waals surface area contributed by atoms with Crippen molar-refractivity contribution in [1.82, 2.24) is 5.32 Å². The van der Waals surface area contributed by atoms with E-state index in [0.29, 0.717) is 12.6 Å². The lowest BCUT2D eigenvalue weighted by Gasteiger charge is -2.21. The number of benzene rings is 2. The van der Waals surface area contributed by atoms with Crippen LogP contribution >= 0.6 is 0 Å². The van der Waals surface area contributed by atoms with Crippen molar-refractivity contribution in [2.24, 2.45) is 0 Å². The molecule has 3 heteroatoms. The number of ether oxygens (including phenoxy) is 1. The van der Waals surface area contributed by atoms with Crippen molar-refractivity contribution >= 4 is 0 Å². The number of rotatable bonds is 7. The maximum Gasteiger partial charge on any atom is 0.120 e. The van der Waals surface area contributed by atoms with Gasteiger partial charge in [-0.25, -0.2) is 0 Å². The van der Waals surface area contributed by atoms with Crippen LogP contribution < -0.4 is 10.1 Å². The third-order valence-corrected chi connectivity index (χ3v) is 4.74. The smallest absolute Gasteiger partial charge is 0.120 e. The first kappa shape index (κ1) is 17.0. The Kier molecular flexibility index (Phi) is 5.89. The van der Waals surface area contributed by atoms with Crippen LogP contribution in [0.25, 0.3) is 0 Å². The minimum absolute atomic E-state index is 0.144. The largest absolute Gasteiger partial charge is 0.489 e. The maximum atomic E-state index is 10.7. The summed E-state index contributed by atoms with van der Waals surface area (Å²) in [6.07, 6.45) is 4.07. The highest BCUT2D eigenvalue weighted by Crippen LogP contribution is 2.28. The van der Waals surface area contributed by atoms with Gasteiger partial charge in [0.15, 0.2) is 0 Å². The topological polar surface area (TPSA) is 41.5 Å². The molecule has 1 heterocycles. The van der Waals surface area contributed by atoms with Crippen LogP contribution in [0, 0.1) is 0 Å². The lowest BCUT2D eigenvalue weighted by molar-refractivity contribution is 0.134. The molecule has 3 atom stereocenters. The summed E-state index contributed by atoms with van der Waals surface area (Å²) in [5, 5.41) is 14.3. The predicted molar refractivity (Wildman–Crippen MR) is 97.0 cm³/mol. The summed E-state index contributed by atoms with van der Waals surface area (Å²) in [6, 6.07) is 18.7. The molecule has 0 aliphatic carbocycles. The van der Waals surface area contributed by atoms with E-state index < -0.39 is 6.10 Å². The third kappa shape index (κ3) is 4.37. The summed E-state index contributed by atoms with van der Waals surface area (Å²) in [4.78, 5) is 0. The number of aliphatic hydroxyl groups excluding tert-OH is 1. The Labute approximate surface area is 144 Å². The van der Waals surface area contributed by atoms with Crippen molar-refractivity contribution < 1.29 is 9.84 Å². The average molecular weight is 325 g/mol. The normalized spacial score (nSPS) is 21.6. The van der Waals surface area contributed by atoms with Crippen LogP contribution in [-0.2, 0) is 6.61 Å². The van der Waals surface area contributed by atoms with E-state index >= 15 is 0 Å². The zero-order valence-corrected chi connectivity index (χ0v) is 14.3. The van der Waals surface area contributed by atoms with E-state index in [1.54, 1.807) is 0 Å². The van der Waals surface area contributed by atoms with E-state index in [1.165, 1.54) is 12.8 Å². The highest BCUT2D eigenvalue weighted by Gasteiger charge is 2.29. The van der Waals surface area contributed by atoms with Crippen molar-refractivity contribution in [3.8, 4) is 5.75 Å². The Bertz CT molecular complexity index is 629. The van der Waals surface area contributed by atoms with E-state index in [1.807, 2.05) is 42.5 Å². The minimum atomic E-state index is -0.480. The van der Waals surface area contributed by atoms with Gasteiger partial charge in [0.05, 0.1) is 6.10 Å². The molecule has 1 fully saturated rings. The number of hydrogen-bond donors (Lipinski definition) is 2. The van der Waals surface area contributed by atoms with Gasteiger partial charge in [0.2, 0.25) is 0 Å². The van der Waals surface area contributed by atoms with Crippen LogP contribution in [0.2, 0.25) is 0 Å². The molecule has 0 bridgehead atoms. The molecule has 128 valence electrons. The molecule has 0 spiro atoms. The van der Waals surface area contributed by atoms with Crippen molar-refractivity contribution in [1.29, 1.82) is 0 Å². The van der Waals surface area contributed by atoms with E-state index in [2.05, 4.69) is 24.4 Å². The van der Waals surface area contributed by atoms with Crippen LogP contribution in [0.3, 0.4) is 0 Å². The van der Waals surface area contributed by atoms with Gasteiger partial charge in [0.1, 0.15) is 12.4 Å². The minimum Gasteiger partial charge on any atom is -0.489 e. The summed E-state index contributed by atoms with van der Waals surface area (Å²) >= 11 is 0. The van der Waals surface area contributed by atoms with Crippen LogP contribution in [0.5, 0.6) is 5.75 Å². The SMILES string of the molecule is CCC[C@@H]1CC[C@H](C(O)c2cccc(OCc3ccccc3)c2)N1.